The molecule has 1 aromatic heterocycles. The lowest BCUT2D eigenvalue weighted by Crippen LogP contribution is -2.36. The van der Waals surface area contributed by atoms with Crippen molar-refractivity contribution in [3.05, 3.63) is 42.0 Å². The molecular formula is C12H16N6O. The Bertz CT molecular complexity index is 536. The van der Waals surface area contributed by atoms with Crippen molar-refractivity contribution in [3.8, 4) is 0 Å². The summed E-state index contributed by atoms with van der Waals surface area (Å²) in [6, 6.07) is 9.65. The maximum atomic E-state index is 5.41. The third-order valence-corrected chi connectivity index (χ3v) is 2.34. The number of nitrogens with one attached hydrogen (secondary N) is 2. The van der Waals surface area contributed by atoms with Gasteiger partial charge in [0, 0.05) is 12.1 Å². The number of para-hydroxylation sites is 1. The molecule has 4 N–H and O–H groups in total. The van der Waals surface area contributed by atoms with E-state index < -0.39 is 0 Å². The number of rotatable bonds is 4. The minimum atomic E-state index is 0.488. The van der Waals surface area contributed by atoms with Crippen molar-refractivity contribution in [2.75, 3.05) is 11.9 Å². The highest BCUT2D eigenvalue weighted by Crippen LogP contribution is 2.04. The molecule has 19 heavy (non-hydrogen) atoms. The number of hydrogen-bond acceptors (Lipinski definition) is 5. The highest BCUT2D eigenvalue weighted by molar-refractivity contribution is 5.93. The molecule has 0 amide bonds. The van der Waals surface area contributed by atoms with Gasteiger partial charge in [-0.25, -0.2) is 5.84 Å². The smallest absolute Gasteiger partial charge is 0.228 e. The van der Waals surface area contributed by atoms with Gasteiger partial charge in [-0.2, -0.15) is 4.98 Å². The van der Waals surface area contributed by atoms with Crippen molar-refractivity contribution in [2.45, 2.75) is 13.3 Å². The molecule has 2 aromatic rings. The molecule has 1 aromatic carbocycles. The molecule has 0 aliphatic rings. The van der Waals surface area contributed by atoms with E-state index in [4.69, 9.17) is 10.4 Å². The second-order valence-electron chi connectivity index (χ2n) is 3.85. The van der Waals surface area contributed by atoms with Crippen LogP contribution in [0.1, 0.15) is 11.7 Å². The Balaban J connectivity index is 1.88. The summed E-state index contributed by atoms with van der Waals surface area (Å²) in [5.74, 6) is 7.09. The van der Waals surface area contributed by atoms with Gasteiger partial charge in [-0.15, -0.1) is 0 Å². The Morgan fingerprint density at radius 2 is 2.16 bits per heavy atom. The molecule has 1 heterocycles. The van der Waals surface area contributed by atoms with Crippen LogP contribution in [0.15, 0.2) is 39.8 Å². The van der Waals surface area contributed by atoms with Crippen molar-refractivity contribution in [3.63, 3.8) is 0 Å². The summed E-state index contributed by atoms with van der Waals surface area (Å²) in [5, 5.41) is 6.78. The number of hydrogen-bond donors (Lipinski definition) is 3. The van der Waals surface area contributed by atoms with Crippen LogP contribution in [0.4, 0.5) is 5.69 Å². The van der Waals surface area contributed by atoms with Gasteiger partial charge in [0.05, 0.1) is 6.54 Å². The molecule has 0 radical (unpaired) electrons. The molecule has 0 saturated heterocycles. The zero-order chi connectivity index (χ0) is 13.5. The summed E-state index contributed by atoms with van der Waals surface area (Å²) < 4.78 is 5.00. The van der Waals surface area contributed by atoms with E-state index in [1.54, 1.807) is 6.92 Å². The monoisotopic (exact) mass is 260 g/mol. The second kappa shape index (κ2) is 6.50. The summed E-state index contributed by atoms with van der Waals surface area (Å²) in [5.41, 5.74) is 3.42. The summed E-state index contributed by atoms with van der Waals surface area (Å²) in [6.07, 6.45) is 0.572. The quantitative estimate of drug-likeness (QED) is 0.326. The van der Waals surface area contributed by atoms with E-state index in [0.29, 0.717) is 30.6 Å². The minimum Gasteiger partial charge on any atom is -0.339 e. The van der Waals surface area contributed by atoms with Crippen LogP contribution in [0, 0.1) is 6.92 Å². The number of nitrogens with zero attached hydrogens (tertiary/aromatic N) is 3. The fourth-order valence-corrected chi connectivity index (χ4v) is 1.48. The lowest BCUT2D eigenvalue weighted by atomic mass is 10.3. The van der Waals surface area contributed by atoms with Crippen molar-refractivity contribution < 1.29 is 4.52 Å². The predicted octanol–water partition coefficient (Wildman–Crippen LogP) is 0.852. The molecule has 0 fully saturated rings. The highest BCUT2D eigenvalue weighted by atomic mass is 16.5. The van der Waals surface area contributed by atoms with Crippen LogP contribution in [-0.2, 0) is 6.42 Å². The average molecular weight is 260 g/mol. The summed E-state index contributed by atoms with van der Waals surface area (Å²) in [7, 11) is 0. The molecule has 0 bridgehead atoms. The first kappa shape index (κ1) is 13.0. The van der Waals surface area contributed by atoms with Gasteiger partial charge in [-0.05, 0) is 19.1 Å². The van der Waals surface area contributed by atoms with Gasteiger partial charge < -0.3 is 9.84 Å². The first-order valence-electron chi connectivity index (χ1n) is 5.90. The summed E-state index contributed by atoms with van der Waals surface area (Å²) in [4.78, 5) is 8.38. The Labute approximate surface area is 110 Å². The molecule has 0 aliphatic heterocycles. The maximum absolute atomic E-state index is 5.41. The SMILES string of the molecule is Cc1noc(CCN=C(NN)Nc2ccccc2)n1. The lowest BCUT2D eigenvalue weighted by Gasteiger charge is -2.08. The fourth-order valence-electron chi connectivity index (χ4n) is 1.48. The van der Waals surface area contributed by atoms with Gasteiger partial charge in [0.25, 0.3) is 0 Å². The third-order valence-electron chi connectivity index (χ3n) is 2.34. The highest BCUT2D eigenvalue weighted by Gasteiger charge is 2.02. The molecule has 0 spiro atoms. The number of aromatic nitrogens is 2. The zero-order valence-electron chi connectivity index (χ0n) is 10.6. The molecule has 0 aliphatic carbocycles. The molecule has 7 nitrogen and oxygen atoms in total. The van der Waals surface area contributed by atoms with Crippen LogP contribution in [-0.4, -0.2) is 22.6 Å². The minimum absolute atomic E-state index is 0.488. The first-order chi connectivity index (χ1) is 9.28. The van der Waals surface area contributed by atoms with Crippen LogP contribution in [0.3, 0.4) is 0 Å². The number of guanidine groups is 1. The molecule has 2 rings (SSSR count). The predicted molar refractivity (Wildman–Crippen MR) is 72.4 cm³/mol. The van der Waals surface area contributed by atoms with E-state index in [0.717, 1.165) is 5.69 Å². The van der Waals surface area contributed by atoms with Crippen molar-refractivity contribution in [2.24, 2.45) is 10.8 Å². The molecule has 7 heteroatoms. The number of nitrogens with two attached hydrogens (primary N) is 1. The largest absolute Gasteiger partial charge is 0.339 e. The van der Waals surface area contributed by atoms with E-state index in [9.17, 15) is 0 Å². The first-order valence-corrected chi connectivity index (χ1v) is 5.90. The zero-order valence-corrected chi connectivity index (χ0v) is 10.6. The van der Waals surface area contributed by atoms with E-state index in [1.807, 2.05) is 30.3 Å². The molecule has 0 saturated carbocycles. The van der Waals surface area contributed by atoms with Gasteiger partial charge in [-0.3, -0.25) is 10.4 Å². The lowest BCUT2D eigenvalue weighted by molar-refractivity contribution is 0.376. The van der Waals surface area contributed by atoms with Crippen molar-refractivity contribution >= 4 is 11.6 Å². The van der Waals surface area contributed by atoms with Crippen LogP contribution in [0.25, 0.3) is 0 Å². The van der Waals surface area contributed by atoms with Gasteiger partial charge in [-0.1, -0.05) is 23.4 Å². The fraction of sp³-hybridized carbons (Fsp3) is 0.250. The number of aliphatic imine (C=N–C) groups is 1. The van der Waals surface area contributed by atoms with Gasteiger partial charge in [0.2, 0.25) is 11.9 Å². The number of hydrazine groups is 1. The van der Waals surface area contributed by atoms with Gasteiger partial charge in [0.15, 0.2) is 5.82 Å². The molecule has 0 atom stereocenters. The number of anilines is 1. The third kappa shape index (κ3) is 4.07. The van der Waals surface area contributed by atoms with Crippen LogP contribution >= 0.6 is 0 Å². The van der Waals surface area contributed by atoms with E-state index >= 15 is 0 Å². The normalized spacial score (nSPS) is 11.4. The Morgan fingerprint density at radius 1 is 1.37 bits per heavy atom. The Kier molecular flexibility index (Phi) is 4.46. The standard InChI is InChI=1S/C12H16N6O/c1-9-15-11(19-18-9)7-8-14-12(17-13)16-10-5-3-2-4-6-10/h2-6H,7-8,13H2,1H3,(H2,14,16,17). The summed E-state index contributed by atoms with van der Waals surface area (Å²) >= 11 is 0. The summed E-state index contributed by atoms with van der Waals surface area (Å²) in [6.45, 7) is 2.28. The van der Waals surface area contributed by atoms with Crippen molar-refractivity contribution in [1.29, 1.82) is 0 Å². The van der Waals surface area contributed by atoms with E-state index in [2.05, 4.69) is 25.9 Å². The average Bonchev–Trinajstić information content (AvgIpc) is 2.84. The molecular weight excluding hydrogens is 244 g/mol. The molecule has 100 valence electrons. The van der Waals surface area contributed by atoms with Crippen molar-refractivity contribution in [1.82, 2.24) is 15.6 Å². The van der Waals surface area contributed by atoms with E-state index in [-0.39, 0.29) is 0 Å². The Hall–Kier alpha value is -2.41. The molecule has 0 unspecified atom stereocenters. The number of aryl methyl sites for hydroxylation is 1. The Morgan fingerprint density at radius 3 is 2.79 bits per heavy atom. The van der Waals surface area contributed by atoms with E-state index in [1.165, 1.54) is 0 Å². The number of benzene rings is 1. The van der Waals surface area contributed by atoms with Gasteiger partial charge in [0.1, 0.15) is 0 Å². The topological polar surface area (TPSA) is 101 Å². The van der Waals surface area contributed by atoms with Crippen LogP contribution < -0.4 is 16.6 Å². The van der Waals surface area contributed by atoms with Gasteiger partial charge >= 0.3 is 0 Å². The maximum Gasteiger partial charge on any atom is 0.228 e. The second-order valence-corrected chi connectivity index (χ2v) is 3.85. The van der Waals surface area contributed by atoms with Crippen LogP contribution in [0.5, 0.6) is 0 Å². The van der Waals surface area contributed by atoms with Crippen LogP contribution in [0.2, 0.25) is 0 Å².